The van der Waals surface area contributed by atoms with Crippen LogP contribution in [0.15, 0.2) is 437 Å². The third-order valence-corrected chi connectivity index (χ3v) is 24.0. The van der Waals surface area contributed by atoms with Crippen molar-refractivity contribution >= 4 is 99.2 Å². The van der Waals surface area contributed by atoms with Crippen LogP contribution in [0.5, 0.6) is 0 Å². The summed E-state index contributed by atoms with van der Waals surface area (Å²) in [5.41, 5.74) is 47.2. The van der Waals surface area contributed by atoms with Gasteiger partial charge in [0.2, 0.25) is 0 Å². The van der Waals surface area contributed by atoms with E-state index < -0.39 is 0 Å². The minimum Gasteiger partial charge on any atom is -0.0622 e. The molecule has 6 aliphatic carbocycles. The first-order chi connectivity index (χ1) is 56.6. The van der Waals surface area contributed by atoms with Crippen LogP contribution in [-0.2, 0) is 0 Å². The lowest BCUT2D eigenvalue weighted by molar-refractivity contribution is 1.53. The Morgan fingerprint density at radius 3 is 0.702 bits per heavy atom. The summed E-state index contributed by atoms with van der Waals surface area (Å²) in [5, 5.41) is 7.66. The van der Waals surface area contributed by atoms with Crippen LogP contribution >= 0.6 is 0 Å². The minimum absolute atomic E-state index is 1.25. The normalized spacial score (nSPS) is 13.6. The van der Waals surface area contributed by atoms with Crippen LogP contribution in [0.4, 0.5) is 0 Å². The lowest BCUT2D eigenvalue weighted by Crippen LogP contribution is -1.94. The van der Waals surface area contributed by atoms with Crippen molar-refractivity contribution in [3.05, 3.63) is 537 Å². The maximum Gasteiger partial charge on any atom is -0.000741 e. The second-order valence-electron chi connectivity index (χ2n) is 30.2. The summed E-state index contributed by atoms with van der Waals surface area (Å²) in [6.07, 6.45) is 0. The third-order valence-electron chi connectivity index (χ3n) is 24.0. The fourth-order valence-electron chi connectivity index (χ4n) is 19.2. The molecule has 0 aromatic heterocycles. The van der Waals surface area contributed by atoms with Crippen molar-refractivity contribution in [1.82, 2.24) is 0 Å². The molecule has 0 nitrogen and oxygen atoms in total. The molecule has 114 heavy (non-hydrogen) atoms. The molecule has 0 saturated carbocycles. The Labute approximate surface area is 664 Å². The predicted molar refractivity (Wildman–Crippen MR) is 482 cm³/mol. The van der Waals surface area contributed by atoms with Gasteiger partial charge in [0.1, 0.15) is 0 Å². The van der Waals surface area contributed by atoms with E-state index in [1.807, 2.05) is 0 Å². The van der Waals surface area contributed by atoms with Gasteiger partial charge in [-0.1, -0.05) is 419 Å². The molecule has 0 heteroatoms. The SMILES string of the molecule is c1ccc(C2=C3C(=C(c4ccc(-c5ccccc5)c5ccccc45)c4ccccc43)c3ccccc32)cc1.c1ccc(C2=C3C(=C(c4ccc5cc(-c6ccccc6)ccc5c4)c4ccccc43)c3ccccc32)cc1.c1ccc(C2=C3C(=C(c4cccc5cc(-c6ccccc6)ccc45)c4ccccc43)c3ccccc32)cc1. The van der Waals surface area contributed by atoms with E-state index in [4.69, 9.17) is 0 Å². The smallest absolute Gasteiger partial charge is 0.000741 e. The Morgan fingerprint density at radius 1 is 0.0877 bits per heavy atom. The Hall–Kier alpha value is -14.8. The largest absolute Gasteiger partial charge is 0.0622 e. The van der Waals surface area contributed by atoms with E-state index >= 15 is 0 Å². The van der Waals surface area contributed by atoms with Gasteiger partial charge in [-0.15, -0.1) is 0 Å². The van der Waals surface area contributed by atoms with Crippen LogP contribution < -0.4 is 0 Å². The van der Waals surface area contributed by atoms with Crippen molar-refractivity contribution < 1.29 is 0 Å². The molecule has 0 saturated heterocycles. The molecular weight excluding hydrogens is 1370 g/mol. The molecule has 18 aromatic carbocycles. The first-order valence-corrected chi connectivity index (χ1v) is 39.6. The average molecular weight is 1440 g/mol. The molecule has 0 radical (unpaired) electrons. The maximum atomic E-state index is 2.37. The van der Waals surface area contributed by atoms with Gasteiger partial charge in [-0.25, -0.2) is 0 Å². The second kappa shape index (κ2) is 27.6. The van der Waals surface area contributed by atoms with E-state index in [1.54, 1.807) is 0 Å². The fourth-order valence-corrected chi connectivity index (χ4v) is 19.2. The van der Waals surface area contributed by atoms with Gasteiger partial charge in [0.05, 0.1) is 0 Å². The van der Waals surface area contributed by atoms with Crippen molar-refractivity contribution in [2.75, 3.05) is 0 Å². The number of benzene rings is 18. The summed E-state index contributed by atoms with van der Waals surface area (Å²) < 4.78 is 0. The standard InChI is InChI=1S/3C38H24/c1-3-12-25(13-4-1)27-22-23-29-28(24-27)16-11-21-30(29)36-32-18-8-10-20-34(32)37-35(26-14-5-2-6-15-26)31-17-7-9-19-33(31)38(36)37;1-3-11-25(12-4-1)27-19-20-29-24-30(22-21-28(29)23-27)36-32-16-8-10-18-34(32)37-35(26-13-5-2-6-14-26)31-15-7-9-17-33(31)38(36)37;1-3-13-25(14-4-1)27-23-24-34(29-18-8-7-17-28(27)29)36-31-20-10-12-22-33(31)37-35(26-15-5-2-6-16-26)30-19-9-11-21-32(30)38(36)37/h3*1-24H. The van der Waals surface area contributed by atoms with Gasteiger partial charge in [0, 0.05) is 0 Å². The number of fused-ring (bicyclic) bond motifs is 18. The van der Waals surface area contributed by atoms with E-state index in [-0.39, 0.29) is 0 Å². The van der Waals surface area contributed by atoms with Gasteiger partial charge in [-0.2, -0.15) is 0 Å². The molecule has 24 rings (SSSR count). The number of hydrogen-bond donors (Lipinski definition) is 0. The van der Waals surface area contributed by atoms with Crippen LogP contribution in [0.3, 0.4) is 0 Å². The van der Waals surface area contributed by atoms with E-state index in [1.165, 1.54) is 233 Å². The van der Waals surface area contributed by atoms with Crippen LogP contribution in [0.1, 0.15) is 100 Å². The zero-order valence-corrected chi connectivity index (χ0v) is 62.6. The fraction of sp³-hybridized carbons (Fsp3) is 0. The van der Waals surface area contributed by atoms with Crippen LogP contribution in [-0.4, -0.2) is 0 Å². The van der Waals surface area contributed by atoms with Gasteiger partial charge >= 0.3 is 0 Å². The van der Waals surface area contributed by atoms with Crippen molar-refractivity contribution in [3.8, 4) is 33.4 Å². The number of rotatable bonds is 9. The summed E-state index contributed by atoms with van der Waals surface area (Å²) in [6, 6.07) is 159. The van der Waals surface area contributed by atoms with Crippen molar-refractivity contribution in [3.63, 3.8) is 0 Å². The zero-order chi connectivity index (χ0) is 75.2. The average Bonchev–Trinajstić information content (AvgIpc) is 1.55. The minimum atomic E-state index is 1.25. The van der Waals surface area contributed by atoms with Crippen LogP contribution in [0.25, 0.3) is 133 Å². The van der Waals surface area contributed by atoms with Gasteiger partial charge in [-0.3, -0.25) is 0 Å². The highest BCUT2D eigenvalue weighted by molar-refractivity contribution is 6.39. The molecule has 18 aromatic rings. The number of allylic oxidation sites excluding steroid dienone is 6. The van der Waals surface area contributed by atoms with Gasteiger partial charge in [0.15, 0.2) is 0 Å². The molecular formula is C114H72. The predicted octanol–water partition coefficient (Wildman–Crippen LogP) is 29.3. The molecule has 0 unspecified atom stereocenters. The van der Waals surface area contributed by atoms with E-state index in [0.717, 1.165) is 0 Å². The van der Waals surface area contributed by atoms with Crippen LogP contribution in [0, 0.1) is 0 Å². The van der Waals surface area contributed by atoms with Gasteiger partial charge in [0.25, 0.3) is 0 Å². The summed E-state index contributed by atoms with van der Waals surface area (Å²) in [6.45, 7) is 0. The molecule has 528 valence electrons. The highest BCUT2D eigenvalue weighted by Crippen LogP contribution is 2.62. The molecule has 6 aliphatic rings. The molecule has 0 aliphatic heterocycles. The van der Waals surface area contributed by atoms with Crippen LogP contribution in [0.2, 0.25) is 0 Å². The third kappa shape index (κ3) is 10.8. The molecule has 0 atom stereocenters. The molecule has 0 amide bonds. The lowest BCUT2D eigenvalue weighted by Gasteiger charge is -2.15. The first kappa shape index (κ1) is 66.2. The van der Waals surface area contributed by atoms with E-state index in [9.17, 15) is 0 Å². The molecule has 0 bridgehead atoms. The van der Waals surface area contributed by atoms with Crippen molar-refractivity contribution in [2.24, 2.45) is 0 Å². The quantitative estimate of drug-likeness (QED) is 0.135. The molecule has 0 heterocycles. The summed E-state index contributed by atoms with van der Waals surface area (Å²) in [4.78, 5) is 0. The van der Waals surface area contributed by atoms with Crippen molar-refractivity contribution in [2.45, 2.75) is 0 Å². The Kier molecular flexibility index (Phi) is 16.0. The van der Waals surface area contributed by atoms with Gasteiger partial charge in [-0.05, 0) is 251 Å². The topological polar surface area (TPSA) is 0 Å². The highest BCUT2D eigenvalue weighted by atomic mass is 14.4. The summed E-state index contributed by atoms with van der Waals surface area (Å²) >= 11 is 0. The lowest BCUT2D eigenvalue weighted by atomic mass is 9.87. The first-order valence-electron chi connectivity index (χ1n) is 39.6. The number of hydrogen-bond acceptors (Lipinski definition) is 0. The molecule has 0 fully saturated rings. The van der Waals surface area contributed by atoms with Gasteiger partial charge < -0.3 is 0 Å². The van der Waals surface area contributed by atoms with E-state index in [2.05, 4.69) is 437 Å². The zero-order valence-electron chi connectivity index (χ0n) is 62.6. The Balaban J connectivity index is 0.000000104. The maximum absolute atomic E-state index is 2.37. The monoisotopic (exact) mass is 1440 g/mol. The van der Waals surface area contributed by atoms with Crippen molar-refractivity contribution in [1.29, 1.82) is 0 Å². The van der Waals surface area contributed by atoms with E-state index in [0.29, 0.717) is 0 Å². The molecule has 0 spiro atoms. The summed E-state index contributed by atoms with van der Waals surface area (Å²) in [7, 11) is 0. The highest BCUT2D eigenvalue weighted by Gasteiger charge is 2.41. The second-order valence-corrected chi connectivity index (χ2v) is 30.2. The summed E-state index contributed by atoms with van der Waals surface area (Å²) in [5.74, 6) is 0. The molecule has 0 N–H and O–H groups in total. The Morgan fingerprint density at radius 2 is 0.325 bits per heavy atom. The Bertz CT molecular complexity index is 7180.